The zero-order chi connectivity index (χ0) is 13.6. The average Bonchev–Trinajstić information content (AvgIpc) is 2.60. The summed E-state index contributed by atoms with van der Waals surface area (Å²) in [7, 11) is 0. The molecule has 100 valence electrons. The number of rotatable bonds is 2. The van der Waals surface area contributed by atoms with Gasteiger partial charge in [-0.15, -0.1) is 0 Å². The quantitative estimate of drug-likeness (QED) is 0.737. The van der Waals surface area contributed by atoms with Crippen molar-refractivity contribution >= 4 is 5.78 Å². The number of aliphatic hydroxyl groups is 2. The lowest BCUT2D eigenvalue weighted by atomic mass is 9.57. The molecule has 0 aliphatic heterocycles. The first-order valence-electron chi connectivity index (χ1n) is 6.50. The molecule has 0 radical (unpaired) electrons. The highest BCUT2D eigenvalue weighted by Gasteiger charge is 2.50. The van der Waals surface area contributed by atoms with Crippen LogP contribution in [0.4, 0.5) is 0 Å². The molecular weight excluding hydrogens is 228 g/mol. The number of carbonyl (C=O) groups is 1. The van der Waals surface area contributed by atoms with Crippen LogP contribution in [0, 0.1) is 10.8 Å². The maximum atomic E-state index is 11.7. The summed E-state index contributed by atoms with van der Waals surface area (Å²) in [6.45, 7) is 5.89. The highest BCUT2D eigenvalue weighted by Crippen LogP contribution is 2.56. The standard InChI is InChI=1S/C15H22O3/c1-13(4-6-14(2,18)7-5-13)15(3)9-12(17)8-11(15)10-16/h4,6,8,16,18H,5,7,9-10H2,1-3H3. The van der Waals surface area contributed by atoms with Crippen LogP contribution in [0.1, 0.15) is 40.0 Å². The Hall–Kier alpha value is -0.930. The van der Waals surface area contributed by atoms with Crippen LogP contribution in [-0.4, -0.2) is 28.2 Å². The van der Waals surface area contributed by atoms with E-state index in [9.17, 15) is 15.0 Å². The predicted molar refractivity (Wildman–Crippen MR) is 70.0 cm³/mol. The van der Waals surface area contributed by atoms with Gasteiger partial charge in [0.25, 0.3) is 0 Å². The Morgan fingerprint density at radius 2 is 1.89 bits per heavy atom. The molecule has 0 saturated heterocycles. The van der Waals surface area contributed by atoms with Gasteiger partial charge in [-0.3, -0.25) is 4.79 Å². The van der Waals surface area contributed by atoms with E-state index in [1.165, 1.54) is 0 Å². The summed E-state index contributed by atoms with van der Waals surface area (Å²) in [4.78, 5) is 11.7. The van der Waals surface area contributed by atoms with Gasteiger partial charge in [0.2, 0.25) is 0 Å². The second-order valence-corrected chi connectivity index (χ2v) is 6.41. The van der Waals surface area contributed by atoms with E-state index in [0.717, 1.165) is 12.0 Å². The van der Waals surface area contributed by atoms with Crippen molar-refractivity contribution < 1.29 is 15.0 Å². The molecule has 2 aliphatic rings. The number of hydrogen-bond donors (Lipinski definition) is 2. The maximum absolute atomic E-state index is 11.7. The fraction of sp³-hybridized carbons (Fsp3) is 0.667. The van der Waals surface area contributed by atoms with E-state index in [2.05, 4.69) is 6.92 Å². The Morgan fingerprint density at radius 1 is 1.22 bits per heavy atom. The average molecular weight is 250 g/mol. The lowest BCUT2D eigenvalue weighted by molar-refractivity contribution is -0.116. The molecule has 3 unspecified atom stereocenters. The van der Waals surface area contributed by atoms with Gasteiger partial charge in [0.05, 0.1) is 12.2 Å². The van der Waals surface area contributed by atoms with E-state index in [1.54, 1.807) is 13.0 Å². The van der Waals surface area contributed by atoms with Crippen LogP contribution in [0.5, 0.6) is 0 Å². The van der Waals surface area contributed by atoms with Crippen LogP contribution >= 0.6 is 0 Å². The van der Waals surface area contributed by atoms with Crippen LogP contribution in [0.25, 0.3) is 0 Å². The van der Waals surface area contributed by atoms with Crippen molar-refractivity contribution in [3.05, 3.63) is 23.8 Å². The van der Waals surface area contributed by atoms with Gasteiger partial charge in [0.1, 0.15) is 0 Å². The third-order valence-corrected chi connectivity index (χ3v) is 4.96. The molecular formula is C15H22O3. The summed E-state index contributed by atoms with van der Waals surface area (Å²) in [6, 6.07) is 0. The lowest BCUT2D eigenvalue weighted by Crippen LogP contribution is -2.42. The van der Waals surface area contributed by atoms with Gasteiger partial charge in [0.15, 0.2) is 5.78 Å². The Kier molecular flexibility index (Phi) is 3.03. The molecule has 2 N–H and O–H groups in total. The second-order valence-electron chi connectivity index (χ2n) is 6.41. The molecule has 0 spiro atoms. The minimum atomic E-state index is -0.748. The first-order valence-corrected chi connectivity index (χ1v) is 6.50. The summed E-state index contributed by atoms with van der Waals surface area (Å²) < 4.78 is 0. The first-order chi connectivity index (χ1) is 8.22. The molecule has 0 saturated carbocycles. The summed E-state index contributed by atoms with van der Waals surface area (Å²) >= 11 is 0. The van der Waals surface area contributed by atoms with Gasteiger partial charge in [-0.25, -0.2) is 0 Å². The molecule has 18 heavy (non-hydrogen) atoms. The van der Waals surface area contributed by atoms with Gasteiger partial charge < -0.3 is 10.2 Å². The summed E-state index contributed by atoms with van der Waals surface area (Å²) in [5.74, 6) is 0.0912. The van der Waals surface area contributed by atoms with Crippen LogP contribution in [-0.2, 0) is 4.79 Å². The number of allylic oxidation sites excluding steroid dienone is 2. The monoisotopic (exact) mass is 250 g/mol. The third kappa shape index (κ3) is 1.95. The first kappa shape index (κ1) is 13.5. The zero-order valence-electron chi connectivity index (χ0n) is 11.4. The summed E-state index contributed by atoms with van der Waals surface area (Å²) in [5.41, 5.74) is -0.440. The van der Waals surface area contributed by atoms with Gasteiger partial charge >= 0.3 is 0 Å². The molecule has 3 heteroatoms. The number of carbonyl (C=O) groups excluding carboxylic acids is 1. The third-order valence-electron chi connectivity index (χ3n) is 4.96. The van der Waals surface area contributed by atoms with Crippen molar-refractivity contribution in [1.29, 1.82) is 0 Å². The Bertz CT molecular complexity index is 433. The highest BCUT2D eigenvalue weighted by atomic mass is 16.3. The fourth-order valence-corrected chi connectivity index (χ4v) is 3.16. The highest BCUT2D eigenvalue weighted by molar-refractivity contribution is 5.94. The van der Waals surface area contributed by atoms with E-state index in [1.807, 2.05) is 19.1 Å². The van der Waals surface area contributed by atoms with Crippen molar-refractivity contribution in [1.82, 2.24) is 0 Å². The number of ketones is 1. The molecule has 3 nitrogen and oxygen atoms in total. The van der Waals surface area contributed by atoms with E-state index in [4.69, 9.17) is 0 Å². The van der Waals surface area contributed by atoms with E-state index >= 15 is 0 Å². The van der Waals surface area contributed by atoms with Crippen molar-refractivity contribution in [3.8, 4) is 0 Å². The predicted octanol–water partition coefficient (Wildman–Crippen LogP) is 1.99. The molecule has 2 rings (SSSR count). The molecule has 0 aromatic rings. The van der Waals surface area contributed by atoms with Crippen molar-refractivity contribution in [2.45, 2.75) is 45.6 Å². The zero-order valence-corrected chi connectivity index (χ0v) is 11.4. The molecule has 0 bridgehead atoms. The van der Waals surface area contributed by atoms with Gasteiger partial charge in [-0.05, 0) is 36.8 Å². The van der Waals surface area contributed by atoms with E-state index in [-0.39, 0.29) is 23.2 Å². The Labute approximate surface area is 108 Å². The topological polar surface area (TPSA) is 57.5 Å². The lowest BCUT2D eigenvalue weighted by Gasteiger charge is -2.47. The van der Waals surface area contributed by atoms with Crippen LogP contribution in [0.15, 0.2) is 23.8 Å². The molecule has 0 amide bonds. The molecule has 2 aliphatic carbocycles. The van der Waals surface area contributed by atoms with Gasteiger partial charge in [-0.1, -0.05) is 26.0 Å². The van der Waals surface area contributed by atoms with Crippen molar-refractivity contribution in [2.24, 2.45) is 10.8 Å². The minimum absolute atomic E-state index is 0.0674. The normalized spacial score (nSPS) is 44.3. The van der Waals surface area contributed by atoms with Crippen molar-refractivity contribution in [2.75, 3.05) is 6.61 Å². The van der Waals surface area contributed by atoms with Crippen LogP contribution < -0.4 is 0 Å². The Morgan fingerprint density at radius 3 is 2.39 bits per heavy atom. The molecule has 0 aromatic heterocycles. The van der Waals surface area contributed by atoms with Gasteiger partial charge in [-0.2, -0.15) is 0 Å². The SMILES string of the molecule is CC1(O)C=CC(C)(C2(C)CC(=O)C=C2CO)CC1. The minimum Gasteiger partial charge on any atom is -0.392 e. The largest absolute Gasteiger partial charge is 0.392 e. The van der Waals surface area contributed by atoms with Crippen LogP contribution in [0.3, 0.4) is 0 Å². The molecule has 0 fully saturated rings. The van der Waals surface area contributed by atoms with Crippen molar-refractivity contribution in [3.63, 3.8) is 0 Å². The van der Waals surface area contributed by atoms with E-state index < -0.39 is 5.60 Å². The number of hydrogen-bond acceptors (Lipinski definition) is 3. The summed E-state index contributed by atoms with van der Waals surface area (Å²) in [5, 5.41) is 19.5. The molecule has 3 atom stereocenters. The molecule has 0 heterocycles. The van der Waals surface area contributed by atoms with Gasteiger partial charge in [0, 0.05) is 11.8 Å². The molecule has 0 aromatic carbocycles. The Balaban J connectivity index is 2.37. The maximum Gasteiger partial charge on any atom is 0.156 e. The smallest absolute Gasteiger partial charge is 0.156 e. The van der Waals surface area contributed by atoms with E-state index in [0.29, 0.717) is 12.8 Å². The summed E-state index contributed by atoms with van der Waals surface area (Å²) in [6.07, 6.45) is 7.40. The van der Waals surface area contributed by atoms with Crippen LogP contribution in [0.2, 0.25) is 0 Å². The second kappa shape index (κ2) is 4.04. The number of aliphatic hydroxyl groups excluding tert-OH is 1. The fourth-order valence-electron chi connectivity index (χ4n) is 3.16.